The van der Waals surface area contributed by atoms with Gasteiger partial charge in [-0.15, -0.1) is 0 Å². The van der Waals surface area contributed by atoms with Gasteiger partial charge in [-0.25, -0.2) is 4.68 Å². The van der Waals surface area contributed by atoms with Gasteiger partial charge in [0.25, 0.3) is 5.91 Å². The fraction of sp³-hybridized carbons (Fsp3) is 0.412. The molecule has 0 bridgehead atoms. The lowest BCUT2D eigenvalue weighted by Crippen LogP contribution is -2.39. The van der Waals surface area contributed by atoms with Gasteiger partial charge in [0.1, 0.15) is 12.8 Å². The molecule has 0 saturated heterocycles. The van der Waals surface area contributed by atoms with Crippen LogP contribution in [0.25, 0.3) is 5.69 Å². The SMILES string of the molecule is CCN(C(=O)C(CS(=O)CCC(F)(F)F)=NOC)c1cn(-c2cccnc2)nc1Cl. The van der Waals surface area contributed by atoms with E-state index in [1.165, 1.54) is 22.9 Å². The predicted molar refractivity (Wildman–Crippen MR) is 107 cm³/mol. The molecule has 13 heteroatoms. The normalized spacial score (nSPS) is 13.2. The number of anilines is 1. The summed E-state index contributed by atoms with van der Waals surface area (Å²) in [5.74, 6) is -1.84. The molecule has 8 nitrogen and oxygen atoms in total. The summed E-state index contributed by atoms with van der Waals surface area (Å²) in [5.41, 5.74) is 0.566. The summed E-state index contributed by atoms with van der Waals surface area (Å²) in [6.07, 6.45) is -1.03. The molecule has 164 valence electrons. The molecule has 1 atom stereocenters. The second-order valence-corrected chi connectivity index (χ2v) is 7.82. The Balaban J connectivity index is 2.23. The van der Waals surface area contributed by atoms with Crippen LogP contribution < -0.4 is 4.90 Å². The van der Waals surface area contributed by atoms with Crippen LogP contribution in [0.5, 0.6) is 0 Å². The molecule has 0 aliphatic heterocycles. The lowest BCUT2D eigenvalue weighted by molar-refractivity contribution is -0.129. The molecule has 0 aromatic carbocycles. The third-order valence-corrected chi connectivity index (χ3v) is 5.30. The molecule has 0 spiro atoms. The zero-order valence-electron chi connectivity index (χ0n) is 16.1. The highest BCUT2D eigenvalue weighted by atomic mass is 35.5. The van der Waals surface area contributed by atoms with Crippen LogP contribution in [0.15, 0.2) is 35.9 Å². The topological polar surface area (TPSA) is 89.7 Å². The maximum Gasteiger partial charge on any atom is 0.390 e. The minimum atomic E-state index is -4.44. The molecule has 0 radical (unpaired) electrons. The number of carbonyl (C=O) groups excluding carboxylic acids is 1. The Bertz CT molecular complexity index is 921. The van der Waals surface area contributed by atoms with Gasteiger partial charge >= 0.3 is 6.18 Å². The number of pyridine rings is 1. The maximum atomic E-state index is 12.9. The summed E-state index contributed by atoms with van der Waals surface area (Å²) in [4.78, 5) is 22.8. The Morgan fingerprint density at radius 3 is 2.73 bits per heavy atom. The zero-order chi connectivity index (χ0) is 22.3. The summed E-state index contributed by atoms with van der Waals surface area (Å²) in [5, 5.41) is 7.73. The Morgan fingerprint density at radius 1 is 1.43 bits per heavy atom. The van der Waals surface area contributed by atoms with Crippen LogP contribution in [0.4, 0.5) is 18.9 Å². The molecule has 0 aliphatic carbocycles. The van der Waals surface area contributed by atoms with Gasteiger partial charge in [0.05, 0.1) is 30.3 Å². The molecule has 30 heavy (non-hydrogen) atoms. The van der Waals surface area contributed by atoms with Gasteiger partial charge in [0.2, 0.25) is 0 Å². The molecular formula is C17H19ClF3N5O3S. The average molecular weight is 466 g/mol. The highest BCUT2D eigenvalue weighted by Crippen LogP contribution is 2.26. The van der Waals surface area contributed by atoms with Crippen molar-refractivity contribution in [3.05, 3.63) is 35.9 Å². The lowest BCUT2D eigenvalue weighted by atomic mass is 10.3. The molecule has 0 aliphatic rings. The smallest absolute Gasteiger partial charge is 0.390 e. The first-order valence-electron chi connectivity index (χ1n) is 8.65. The maximum absolute atomic E-state index is 12.9. The number of amides is 1. The van der Waals surface area contributed by atoms with Crippen LogP contribution >= 0.6 is 11.6 Å². The number of rotatable bonds is 9. The molecule has 1 amide bonds. The minimum absolute atomic E-state index is 0.0176. The number of hydrogen-bond donors (Lipinski definition) is 0. The minimum Gasteiger partial charge on any atom is -0.399 e. The van der Waals surface area contributed by atoms with E-state index in [1.807, 2.05) is 0 Å². The van der Waals surface area contributed by atoms with Crippen molar-refractivity contribution in [1.82, 2.24) is 14.8 Å². The van der Waals surface area contributed by atoms with E-state index < -0.39 is 40.8 Å². The quantitative estimate of drug-likeness (QED) is 0.419. The van der Waals surface area contributed by atoms with Crippen molar-refractivity contribution in [2.45, 2.75) is 19.5 Å². The molecule has 2 rings (SSSR count). The molecule has 2 heterocycles. The first-order valence-corrected chi connectivity index (χ1v) is 10.5. The number of oxime groups is 1. The molecule has 0 N–H and O–H groups in total. The van der Waals surface area contributed by atoms with Crippen LogP contribution in [0.1, 0.15) is 13.3 Å². The van der Waals surface area contributed by atoms with Crippen LogP contribution in [-0.4, -0.2) is 61.9 Å². The van der Waals surface area contributed by atoms with E-state index in [1.54, 1.807) is 31.5 Å². The molecule has 2 aromatic rings. The summed E-state index contributed by atoms with van der Waals surface area (Å²) >= 11 is 6.20. The average Bonchev–Trinajstić information content (AvgIpc) is 3.08. The van der Waals surface area contributed by atoms with Gasteiger partial charge in [-0.05, 0) is 19.1 Å². The van der Waals surface area contributed by atoms with Gasteiger partial charge < -0.3 is 9.74 Å². The molecule has 2 aromatic heterocycles. The fourth-order valence-corrected chi connectivity index (χ4v) is 3.73. The molecule has 0 saturated carbocycles. The van der Waals surface area contributed by atoms with E-state index in [2.05, 4.69) is 20.1 Å². The largest absolute Gasteiger partial charge is 0.399 e. The molecular weight excluding hydrogens is 447 g/mol. The second kappa shape index (κ2) is 10.5. The number of alkyl halides is 3. The predicted octanol–water partition coefficient (Wildman–Crippen LogP) is 2.98. The van der Waals surface area contributed by atoms with E-state index in [4.69, 9.17) is 11.6 Å². The number of hydrogen-bond acceptors (Lipinski definition) is 6. The van der Waals surface area contributed by atoms with Crippen molar-refractivity contribution in [2.75, 3.05) is 30.1 Å². The summed E-state index contributed by atoms with van der Waals surface area (Å²) < 4.78 is 50.5. The van der Waals surface area contributed by atoms with Crippen molar-refractivity contribution in [3.63, 3.8) is 0 Å². The van der Waals surface area contributed by atoms with E-state index in [9.17, 15) is 22.2 Å². The van der Waals surface area contributed by atoms with Crippen molar-refractivity contribution >= 4 is 39.7 Å². The Hall–Kier alpha value is -2.47. The van der Waals surface area contributed by atoms with Gasteiger partial charge in [-0.3, -0.25) is 14.0 Å². The van der Waals surface area contributed by atoms with Crippen LogP contribution in [0, 0.1) is 0 Å². The van der Waals surface area contributed by atoms with Gasteiger partial charge in [-0.2, -0.15) is 18.3 Å². The first kappa shape index (κ1) is 23.8. The first-order chi connectivity index (χ1) is 14.2. The standard InChI is InChI=1S/C17H19ClF3N5O3S/c1-3-25(14-10-26(23-15(14)18)12-5-4-7-22-9-12)16(27)13(24-29-2)11-30(28)8-6-17(19,20)21/h4-5,7,9-10H,3,6,8,11H2,1-2H3. The van der Waals surface area contributed by atoms with Crippen molar-refractivity contribution in [3.8, 4) is 5.69 Å². The third-order valence-electron chi connectivity index (χ3n) is 3.77. The van der Waals surface area contributed by atoms with E-state index in [0.29, 0.717) is 5.69 Å². The van der Waals surface area contributed by atoms with Crippen molar-refractivity contribution < 1.29 is 27.0 Å². The monoisotopic (exact) mass is 465 g/mol. The van der Waals surface area contributed by atoms with E-state index >= 15 is 0 Å². The van der Waals surface area contributed by atoms with E-state index in [0.717, 1.165) is 0 Å². The van der Waals surface area contributed by atoms with Crippen LogP contribution in [-0.2, 0) is 20.4 Å². The Labute approximate surface area is 178 Å². The highest BCUT2D eigenvalue weighted by Gasteiger charge is 2.30. The summed E-state index contributed by atoms with van der Waals surface area (Å²) in [7, 11) is -0.788. The second-order valence-electron chi connectivity index (χ2n) is 5.88. The number of carbonyl (C=O) groups is 1. The summed E-state index contributed by atoms with van der Waals surface area (Å²) in [6, 6.07) is 3.44. The van der Waals surface area contributed by atoms with Crippen LogP contribution in [0.3, 0.4) is 0 Å². The van der Waals surface area contributed by atoms with Gasteiger partial charge in [-0.1, -0.05) is 16.8 Å². The number of aromatic nitrogens is 3. The fourth-order valence-electron chi connectivity index (χ4n) is 2.42. The zero-order valence-corrected chi connectivity index (χ0v) is 17.7. The van der Waals surface area contributed by atoms with E-state index in [-0.39, 0.29) is 23.1 Å². The van der Waals surface area contributed by atoms with Gasteiger partial charge in [0.15, 0.2) is 10.9 Å². The highest BCUT2D eigenvalue weighted by molar-refractivity contribution is 7.85. The third kappa shape index (κ3) is 6.52. The molecule has 1 unspecified atom stereocenters. The lowest BCUT2D eigenvalue weighted by Gasteiger charge is -2.20. The summed E-state index contributed by atoms with van der Waals surface area (Å²) in [6.45, 7) is 1.82. The number of nitrogens with zero attached hydrogens (tertiary/aromatic N) is 5. The Kier molecular flexibility index (Phi) is 8.35. The van der Waals surface area contributed by atoms with Gasteiger partial charge in [0, 0.05) is 29.3 Å². The van der Waals surface area contributed by atoms with Crippen molar-refractivity contribution in [2.24, 2.45) is 5.16 Å². The van der Waals surface area contributed by atoms with Crippen LogP contribution in [0.2, 0.25) is 5.15 Å². The Morgan fingerprint density at radius 2 is 2.17 bits per heavy atom. The number of halogens is 4. The van der Waals surface area contributed by atoms with Crippen molar-refractivity contribution in [1.29, 1.82) is 0 Å². The molecule has 0 fully saturated rings.